The maximum Gasteiger partial charge on any atom is 0.292 e. The lowest BCUT2D eigenvalue weighted by molar-refractivity contribution is -0.384. The fraction of sp³-hybridized carbons (Fsp3) is 0.188. The molecule has 2 aromatic rings. The van der Waals surface area contributed by atoms with Crippen molar-refractivity contribution in [2.24, 2.45) is 0 Å². The molecule has 0 aliphatic carbocycles. The second kappa shape index (κ2) is 8.47. The first-order valence-electron chi connectivity index (χ1n) is 7.26. The number of anilines is 2. The molecule has 0 aliphatic heterocycles. The highest BCUT2D eigenvalue weighted by Crippen LogP contribution is 2.23. The molecule has 3 N–H and O–H groups in total. The van der Waals surface area contributed by atoms with Crippen LogP contribution in [0.2, 0.25) is 5.02 Å². The Bertz CT molecular complexity index is 755. The minimum absolute atomic E-state index is 0.0488. The van der Waals surface area contributed by atoms with E-state index in [0.717, 1.165) is 11.3 Å². The molecule has 0 heterocycles. The summed E-state index contributed by atoms with van der Waals surface area (Å²) < 4.78 is 0. The van der Waals surface area contributed by atoms with Crippen LogP contribution < -0.4 is 16.0 Å². The number of thiocarbonyl (C=S) groups is 1. The maximum atomic E-state index is 10.9. The van der Waals surface area contributed by atoms with E-state index in [1.807, 2.05) is 25.1 Å². The van der Waals surface area contributed by atoms with Crippen LogP contribution in [0.15, 0.2) is 42.5 Å². The Kier molecular flexibility index (Phi) is 6.34. The molecule has 126 valence electrons. The summed E-state index contributed by atoms with van der Waals surface area (Å²) in [4.78, 5) is 10.5. The van der Waals surface area contributed by atoms with Crippen molar-refractivity contribution in [3.63, 3.8) is 0 Å². The van der Waals surface area contributed by atoms with Crippen molar-refractivity contribution in [2.45, 2.75) is 6.92 Å². The highest BCUT2D eigenvalue weighted by Gasteiger charge is 2.11. The Labute approximate surface area is 150 Å². The second-order valence-corrected chi connectivity index (χ2v) is 5.81. The van der Waals surface area contributed by atoms with E-state index in [9.17, 15) is 10.1 Å². The third kappa shape index (κ3) is 4.81. The summed E-state index contributed by atoms with van der Waals surface area (Å²) in [6, 6.07) is 12.1. The first kappa shape index (κ1) is 18.0. The van der Waals surface area contributed by atoms with E-state index < -0.39 is 4.92 Å². The van der Waals surface area contributed by atoms with Gasteiger partial charge in [-0.3, -0.25) is 10.1 Å². The van der Waals surface area contributed by atoms with Crippen LogP contribution in [0.3, 0.4) is 0 Å². The van der Waals surface area contributed by atoms with E-state index in [0.29, 0.717) is 28.9 Å². The van der Waals surface area contributed by atoms with Crippen molar-refractivity contribution in [1.82, 2.24) is 5.32 Å². The molecule has 2 rings (SSSR count). The van der Waals surface area contributed by atoms with Gasteiger partial charge in [0.1, 0.15) is 5.69 Å². The Hall–Kier alpha value is -2.38. The molecule has 2 aromatic carbocycles. The number of para-hydroxylation sites is 2. The third-order valence-electron chi connectivity index (χ3n) is 3.34. The van der Waals surface area contributed by atoms with Gasteiger partial charge in [-0.05, 0) is 42.9 Å². The van der Waals surface area contributed by atoms with Gasteiger partial charge in [-0.1, -0.05) is 29.8 Å². The lowest BCUT2D eigenvalue weighted by Gasteiger charge is -2.13. The number of nitrogens with one attached hydrogen (secondary N) is 3. The number of nitro groups is 1. The largest absolute Gasteiger partial charge is 0.378 e. The van der Waals surface area contributed by atoms with Gasteiger partial charge in [0, 0.05) is 29.9 Å². The minimum Gasteiger partial charge on any atom is -0.378 e. The van der Waals surface area contributed by atoms with E-state index in [-0.39, 0.29) is 5.69 Å². The Morgan fingerprint density at radius 2 is 1.88 bits per heavy atom. The first-order chi connectivity index (χ1) is 11.5. The molecule has 0 amide bonds. The molecule has 0 atom stereocenters. The standard InChI is InChI=1S/C16H17ClN4O2S/c1-11-12(17)5-4-7-13(11)20-16(24)19-10-9-18-14-6-2-3-8-15(14)21(22)23/h2-8,18H,9-10H2,1H3,(H2,19,20,24). The average molecular weight is 365 g/mol. The van der Waals surface area contributed by atoms with Gasteiger partial charge in [0.2, 0.25) is 0 Å². The summed E-state index contributed by atoms with van der Waals surface area (Å²) in [5, 5.41) is 21.2. The molecule has 0 spiro atoms. The quantitative estimate of drug-likeness (QED) is 0.311. The summed E-state index contributed by atoms with van der Waals surface area (Å²) in [6.07, 6.45) is 0. The number of rotatable bonds is 6. The molecule has 0 bridgehead atoms. The van der Waals surface area contributed by atoms with Crippen LogP contribution in [0.1, 0.15) is 5.56 Å². The SMILES string of the molecule is Cc1c(Cl)cccc1NC(=S)NCCNc1ccccc1[N+](=O)[O-]. The lowest BCUT2D eigenvalue weighted by Crippen LogP contribution is -2.32. The summed E-state index contributed by atoms with van der Waals surface area (Å²) >= 11 is 11.3. The molecule has 24 heavy (non-hydrogen) atoms. The third-order valence-corrected chi connectivity index (χ3v) is 4.00. The highest BCUT2D eigenvalue weighted by atomic mass is 35.5. The van der Waals surface area contributed by atoms with Crippen molar-refractivity contribution in [1.29, 1.82) is 0 Å². The number of halogens is 1. The zero-order chi connectivity index (χ0) is 17.5. The average Bonchev–Trinajstić information content (AvgIpc) is 2.56. The maximum absolute atomic E-state index is 10.9. The van der Waals surface area contributed by atoms with E-state index in [1.165, 1.54) is 6.07 Å². The van der Waals surface area contributed by atoms with Crippen molar-refractivity contribution in [2.75, 3.05) is 23.7 Å². The molecule has 0 aliphatic rings. The summed E-state index contributed by atoms with van der Waals surface area (Å²) in [5.41, 5.74) is 2.29. The van der Waals surface area contributed by atoms with Crippen molar-refractivity contribution < 1.29 is 4.92 Å². The van der Waals surface area contributed by atoms with Gasteiger partial charge in [0.15, 0.2) is 5.11 Å². The first-order valence-corrected chi connectivity index (χ1v) is 8.05. The second-order valence-electron chi connectivity index (χ2n) is 4.99. The molecule has 0 radical (unpaired) electrons. The Balaban J connectivity index is 1.81. The van der Waals surface area contributed by atoms with Gasteiger partial charge in [-0.25, -0.2) is 0 Å². The number of nitrogens with zero attached hydrogens (tertiary/aromatic N) is 1. The Morgan fingerprint density at radius 3 is 2.62 bits per heavy atom. The molecule has 0 fully saturated rings. The van der Waals surface area contributed by atoms with Gasteiger partial charge < -0.3 is 16.0 Å². The van der Waals surface area contributed by atoms with E-state index in [4.69, 9.17) is 23.8 Å². The smallest absolute Gasteiger partial charge is 0.292 e. The zero-order valence-corrected chi connectivity index (χ0v) is 14.6. The number of hydrogen-bond donors (Lipinski definition) is 3. The van der Waals surface area contributed by atoms with Crippen LogP contribution >= 0.6 is 23.8 Å². The number of nitro benzene ring substituents is 1. The van der Waals surface area contributed by atoms with Crippen LogP contribution in [-0.4, -0.2) is 23.1 Å². The molecule has 0 saturated carbocycles. The van der Waals surface area contributed by atoms with Gasteiger partial charge in [0.05, 0.1) is 4.92 Å². The molecular formula is C16H17ClN4O2S. The zero-order valence-electron chi connectivity index (χ0n) is 13.0. The normalized spacial score (nSPS) is 10.1. The predicted octanol–water partition coefficient (Wildman–Crippen LogP) is 3.96. The highest BCUT2D eigenvalue weighted by molar-refractivity contribution is 7.80. The van der Waals surface area contributed by atoms with Crippen LogP contribution in [-0.2, 0) is 0 Å². The molecular weight excluding hydrogens is 348 g/mol. The predicted molar refractivity (Wildman–Crippen MR) is 102 cm³/mol. The number of hydrogen-bond acceptors (Lipinski definition) is 4. The van der Waals surface area contributed by atoms with Gasteiger partial charge in [0.25, 0.3) is 5.69 Å². The lowest BCUT2D eigenvalue weighted by atomic mass is 10.2. The van der Waals surface area contributed by atoms with Gasteiger partial charge in [-0.15, -0.1) is 0 Å². The van der Waals surface area contributed by atoms with Crippen LogP contribution in [0.4, 0.5) is 17.1 Å². The molecule has 0 aromatic heterocycles. The van der Waals surface area contributed by atoms with Gasteiger partial charge >= 0.3 is 0 Å². The molecule has 0 saturated heterocycles. The minimum atomic E-state index is -0.413. The van der Waals surface area contributed by atoms with E-state index in [1.54, 1.807) is 18.2 Å². The summed E-state index contributed by atoms with van der Waals surface area (Å²) in [6.45, 7) is 2.90. The fourth-order valence-electron chi connectivity index (χ4n) is 2.06. The molecule has 0 unspecified atom stereocenters. The van der Waals surface area contributed by atoms with E-state index >= 15 is 0 Å². The molecule has 8 heteroatoms. The fourth-order valence-corrected chi connectivity index (χ4v) is 2.45. The van der Waals surface area contributed by atoms with Crippen molar-refractivity contribution in [3.05, 3.63) is 63.2 Å². The van der Waals surface area contributed by atoms with Crippen LogP contribution in [0, 0.1) is 17.0 Å². The van der Waals surface area contributed by atoms with Crippen LogP contribution in [0.5, 0.6) is 0 Å². The Morgan fingerprint density at radius 1 is 1.17 bits per heavy atom. The van der Waals surface area contributed by atoms with Crippen LogP contribution in [0.25, 0.3) is 0 Å². The monoisotopic (exact) mass is 364 g/mol. The molecule has 6 nitrogen and oxygen atoms in total. The van der Waals surface area contributed by atoms with Crippen molar-refractivity contribution in [3.8, 4) is 0 Å². The summed E-state index contributed by atoms with van der Waals surface area (Å²) in [5.74, 6) is 0. The van der Waals surface area contributed by atoms with Crippen molar-refractivity contribution >= 4 is 46.0 Å². The van der Waals surface area contributed by atoms with Gasteiger partial charge in [-0.2, -0.15) is 0 Å². The topological polar surface area (TPSA) is 79.2 Å². The van der Waals surface area contributed by atoms with E-state index in [2.05, 4.69) is 16.0 Å². The number of benzene rings is 2. The summed E-state index contributed by atoms with van der Waals surface area (Å²) in [7, 11) is 0.